The molecule has 1 fully saturated rings. The fraction of sp³-hybridized carbons (Fsp3) is 0.150. The second-order valence-electron chi connectivity index (χ2n) is 6.40. The third-order valence-corrected chi connectivity index (χ3v) is 4.44. The van der Waals surface area contributed by atoms with E-state index < -0.39 is 17.6 Å². The number of rotatable bonds is 5. The number of hydrogen-bond acceptors (Lipinski definition) is 4. The summed E-state index contributed by atoms with van der Waals surface area (Å²) in [6.45, 7) is 0. The third kappa shape index (κ3) is 4.22. The van der Waals surface area contributed by atoms with Crippen molar-refractivity contribution in [2.75, 3.05) is 5.32 Å². The van der Waals surface area contributed by atoms with Gasteiger partial charge in [-0.15, -0.1) is 0 Å². The normalized spacial score (nSPS) is 12.9. The molecule has 0 radical (unpaired) electrons. The van der Waals surface area contributed by atoms with E-state index in [2.05, 4.69) is 15.3 Å². The van der Waals surface area contributed by atoms with Gasteiger partial charge in [-0.1, -0.05) is 12.1 Å². The molecular weight excluding hydrogens is 375 g/mol. The van der Waals surface area contributed by atoms with Gasteiger partial charge in [0.1, 0.15) is 11.6 Å². The number of hydrogen-bond donors (Lipinski definition) is 2. The molecule has 1 saturated carbocycles. The van der Waals surface area contributed by atoms with Crippen molar-refractivity contribution in [3.63, 3.8) is 0 Å². The van der Waals surface area contributed by atoms with Gasteiger partial charge in [0.25, 0.3) is 0 Å². The molecule has 4 rings (SSSR count). The Kier molecular flexibility index (Phi) is 6.07. The zero-order valence-corrected chi connectivity index (χ0v) is 17.1. The van der Waals surface area contributed by atoms with Crippen LogP contribution in [-0.2, 0) is 0 Å². The number of carbonyl (C=O) groups is 1. The fourth-order valence-corrected chi connectivity index (χ4v) is 2.91. The monoisotopic (exact) mass is 391 g/mol. The van der Waals surface area contributed by atoms with Gasteiger partial charge in [0, 0.05) is 0 Å². The molecule has 0 spiro atoms. The maximum atomic E-state index is 13.8. The Morgan fingerprint density at radius 2 is 1.75 bits per heavy atom. The quantitative estimate of drug-likeness (QED) is 0.650. The maximum absolute atomic E-state index is 13.8. The molecule has 1 heterocycles. The van der Waals surface area contributed by atoms with Crippen LogP contribution in [0.2, 0.25) is 0 Å². The first-order chi connectivity index (χ1) is 13.0. The third-order valence-electron chi connectivity index (χ3n) is 4.44. The fourth-order valence-electron chi connectivity index (χ4n) is 2.91. The molecule has 2 aromatic carbocycles. The smallest absolute Gasteiger partial charge is 1.00 e. The average Bonchev–Trinajstić information content (AvgIpc) is 3.48. The van der Waals surface area contributed by atoms with Crippen molar-refractivity contribution in [3.8, 4) is 11.4 Å². The van der Waals surface area contributed by atoms with Crippen molar-refractivity contribution < 1.29 is 49.7 Å². The SMILES string of the molecule is O=C(O)c1cc(C2CC2)ccc1Nc1cnc(-c2c(F)cccc2F)nc1.[H-].[Na+]. The van der Waals surface area contributed by atoms with Gasteiger partial charge >= 0.3 is 35.5 Å². The topological polar surface area (TPSA) is 75.1 Å². The second kappa shape index (κ2) is 8.34. The number of halogens is 2. The Bertz CT molecular complexity index is 1010. The Balaban J connectivity index is 0.00000150. The molecule has 0 amide bonds. The number of benzene rings is 2. The summed E-state index contributed by atoms with van der Waals surface area (Å²) in [7, 11) is 0. The van der Waals surface area contributed by atoms with Gasteiger partial charge in [-0.05, 0) is 48.6 Å². The Morgan fingerprint density at radius 3 is 2.32 bits per heavy atom. The summed E-state index contributed by atoms with van der Waals surface area (Å²) in [5.41, 5.74) is 1.68. The van der Waals surface area contributed by atoms with Crippen LogP contribution >= 0.6 is 0 Å². The van der Waals surface area contributed by atoms with Crippen molar-refractivity contribution in [1.82, 2.24) is 9.97 Å². The van der Waals surface area contributed by atoms with Crippen LogP contribution in [0.4, 0.5) is 20.2 Å². The number of aromatic carboxylic acids is 1. The maximum Gasteiger partial charge on any atom is 1.00 e. The molecule has 8 heteroatoms. The molecule has 0 unspecified atom stereocenters. The predicted octanol–water partition coefficient (Wildman–Crippen LogP) is 1.86. The van der Waals surface area contributed by atoms with E-state index >= 15 is 0 Å². The Hall–Kier alpha value is -2.35. The van der Waals surface area contributed by atoms with Crippen molar-refractivity contribution in [3.05, 3.63) is 71.6 Å². The van der Waals surface area contributed by atoms with E-state index in [4.69, 9.17) is 0 Å². The van der Waals surface area contributed by atoms with Crippen LogP contribution in [0.3, 0.4) is 0 Å². The number of carboxylic acids is 1. The molecule has 0 saturated heterocycles. The summed E-state index contributed by atoms with van der Waals surface area (Å²) in [5.74, 6) is -2.18. The number of nitrogens with zero attached hydrogens (tertiary/aromatic N) is 2. The molecule has 3 aromatic rings. The zero-order chi connectivity index (χ0) is 19.0. The zero-order valence-electron chi connectivity index (χ0n) is 16.1. The molecule has 1 aliphatic carbocycles. The standard InChI is InChI=1S/C20H15F2N3O2.Na.H/c21-15-2-1-3-16(22)18(15)19-23-9-13(10-24-19)25-17-7-6-12(11-4-5-11)8-14(17)20(26)27;;/h1-3,6-11,25H,4-5H2,(H,26,27);;/q;+1;-1. The molecule has 5 nitrogen and oxygen atoms in total. The minimum Gasteiger partial charge on any atom is -1.00 e. The molecule has 1 aromatic heterocycles. The average molecular weight is 391 g/mol. The summed E-state index contributed by atoms with van der Waals surface area (Å²) in [6.07, 6.45) is 4.87. The van der Waals surface area contributed by atoms with Crippen molar-refractivity contribution in [2.24, 2.45) is 0 Å². The van der Waals surface area contributed by atoms with Gasteiger partial charge in [0.2, 0.25) is 0 Å². The van der Waals surface area contributed by atoms with Crippen LogP contribution in [0.5, 0.6) is 0 Å². The van der Waals surface area contributed by atoms with Crippen molar-refractivity contribution in [1.29, 1.82) is 0 Å². The number of carboxylic acid groups (broad SMARTS) is 1. The summed E-state index contributed by atoms with van der Waals surface area (Å²) in [5, 5.41) is 12.4. The molecule has 0 atom stereocenters. The largest absolute Gasteiger partial charge is 1.00 e. The van der Waals surface area contributed by atoms with Gasteiger partial charge < -0.3 is 11.8 Å². The van der Waals surface area contributed by atoms with E-state index in [-0.39, 0.29) is 47.9 Å². The van der Waals surface area contributed by atoms with Crippen LogP contribution < -0.4 is 34.9 Å². The van der Waals surface area contributed by atoms with Gasteiger partial charge in [-0.25, -0.2) is 23.5 Å². The van der Waals surface area contributed by atoms with Gasteiger partial charge in [-0.2, -0.15) is 0 Å². The minimum atomic E-state index is -1.04. The summed E-state index contributed by atoms with van der Waals surface area (Å²) < 4.78 is 27.7. The van der Waals surface area contributed by atoms with Crippen LogP contribution in [-0.4, -0.2) is 21.0 Å². The molecule has 138 valence electrons. The van der Waals surface area contributed by atoms with Crippen LogP contribution in [0.1, 0.15) is 36.1 Å². The van der Waals surface area contributed by atoms with Crippen molar-refractivity contribution >= 4 is 17.3 Å². The first-order valence-electron chi connectivity index (χ1n) is 8.43. The van der Waals surface area contributed by atoms with E-state index in [1.807, 2.05) is 6.07 Å². The number of aromatic nitrogens is 2. The van der Waals surface area contributed by atoms with Crippen LogP contribution in [0, 0.1) is 11.6 Å². The van der Waals surface area contributed by atoms with E-state index in [1.165, 1.54) is 18.5 Å². The summed E-state index contributed by atoms with van der Waals surface area (Å²) >= 11 is 0. The molecule has 2 N–H and O–H groups in total. The predicted molar refractivity (Wildman–Crippen MR) is 97.2 cm³/mol. The first kappa shape index (κ1) is 20.4. The van der Waals surface area contributed by atoms with E-state index in [0.29, 0.717) is 17.3 Å². The van der Waals surface area contributed by atoms with E-state index in [9.17, 15) is 18.7 Å². The molecular formula is C20H16F2N3NaO2. The van der Waals surface area contributed by atoms with Crippen LogP contribution in [0.25, 0.3) is 11.4 Å². The van der Waals surface area contributed by atoms with Gasteiger partial charge in [0.05, 0.1) is 34.9 Å². The number of anilines is 2. The van der Waals surface area contributed by atoms with Gasteiger partial charge in [0.15, 0.2) is 5.82 Å². The van der Waals surface area contributed by atoms with Crippen LogP contribution in [0.15, 0.2) is 48.8 Å². The first-order valence-corrected chi connectivity index (χ1v) is 8.43. The van der Waals surface area contributed by atoms with Crippen molar-refractivity contribution in [2.45, 2.75) is 18.8 Å². The molecule has 1 aliphatic rings. The summed E-state index contributed by atoms with van der Waals surface area (Å²) in [6, 6.07) is 8.82. The van der Waals surface area contributed by atoms with Gasteiger partial charge in [-0.3, -0.25) is 0 Å². The molecule has 28 heavy (non-hydrogen) atoms. The molecule has 0 bridgehead atoms. The number of nitrogens with one attached hydrogen (secondary N) is 1. The minimum absolute atomic E-state index is 0. The van der Waals surface area contributed by atoms with E-state index in [0.717, 1.165) is 30.5 Å². The van der Waals surface area contributed by atoms with E-state index in [1.54, 1.807) is 12.1 Å². The Labute approximate surface area is 183 Å². The second-order valence-corrected chi connectivity index (χ2v) is 6.40. The molecule has 0 aliphatic heterocycles. The summed E-state index contributed by atoms with van der Waals surface area (Å²) in [4.78, 5) is 19.6. The Morgan fingerprint density at radius 1 is 1.11 bits per heavy atom.